The molecule has 3 aromatic rings. The van der Waals surface area contributed by atoms with Crippen LogP contribution in [0.15, 0.2) is 65.8 Å². The van der Waals surface area contributed by atoms with Gasteiger partial charge in [0, 0.05) is 5.56 Å². The zero-order chi connectivity index (χ0) is 19.3. The molecule has 0 amide bonds. The van der Waals surface area contributed by atoms with Gasteiger partial charge in [0.15, 0.2) is 5.82 Å². The van der Waals surface area contributed by atoms with Crippen LogP contribution in [0.5, 0.6) is 5.75 Å². The maximum atomic E-state index is 12.5. The van der Waals surface area contributed by atoms with Gasteiger partial charge in [-0.2, -0.15) is 18.3 Å². The summed E-state index contributed by atoms with van der Waals surface area (Å²) in [6.45, 7) is 0. The number of ether oxygens (including phenoxy) is 1. The Kier molecular flexibility index (Phi) is 5.35. The molecule has 0 bridgehead atoms. The number of nitrogens with one attached hydrogen (secondary N) is 1. The summed E-state index contributed by atoms with van der Waals surface area (Å²) in [7, 11) is 1.58. The molecule has 2 aromatic carbocycles. The maximum absolute atomic E-state index is 12.5. The standard InChI is InChI=1S/C19H15F3N4O/c1-27-17-5-3-2-4-15(17)16-10-11-18(26-24-16)25-23-12-13-6-8-14(9-7-13)19(20,21)22/h2-12H,1H3,(H,25,26)/b23-12+. The Hall–Kier alpha value is -3.42. The van der Waals surface area contributed by atoms with Crippen LogP contribution in [0, 0.1) is 0 Å². The largest absolute Gasteiger partial charge is 0.496 e. The number of hydrogen-bond acceptors (Lipinski definition) is 5. The summed E-state index contributed by atoms with van der Waals surface area (Å²) in [5.41, 5.74) is 3.96. The molecule has 0 aliphatic heterocycles. The second-order valence-electron chi connectivity index (χ2n) is 5.49. The highest BCUT2D eigenvalue weighted by Crippen LogP contribution is 2.29. The van der Waals surface area contributed by atoms with E-state index in [1.54, 1.807) is 19.2 Å². The quantitative estimate of drug-likeness (QED) is 0.525. The van der Waals surface area contributed by atoms with Crippen molar-refractivity contribution in [1.82, 2.24) is 10.2 Å². The van der Waals surface area contributed by atoms with Crippen molar-refractivity contribution in [2.75, 3.05) is 12.5 Å². The number of para-hydroxylation sites is 1. The van der Waals surface area contributed by atoms with Gasteiger partial charge in [-0.3, -0.25) is 5.43 Å². The van der Waals surface area contributed by atoms with Crippen molar-refractivity contribution in [3.05, 3.63) is 71.8 Å². The second kappa shape index (κ2) is 7.86. The van der Waals surface area contributed by atoms with E-state index < -0.39 is 11.7 Å². The number of rotatable bonds is 5. The first-order chi connectivity index (χ1) is 13.0. The average Bonchev–Trinajstić information content (AvgIpc) is 2.68. The molecule has 8 heteroatoms. The van der Waals surface area contributed by atoms with E-state index in [9.17, 15) is 13.2 Å². The summed E-state index contributed by atoms with van der Waals surface area (Å²) in [6.07, 6.45) is -2.96. The van der Waals surface area contributed by atoms with Crippen LogP contribution in [0.3, 0.4) is 0 Å². The molecule has 0 saturated carbocycles. The molecule has 27 heavy (non-hydrogen) atoms. The summed E-state index contributed by atoms with van der Waals surface area (Å²) in [4.78, 5) is 0. The molecule has 0 spiro atoms. The van der Waals surface area contributed by atoms with Crippen molar-refractivity contribution in [3.63, 3.8) is 0 Å². The van der Waals surface area contributed by atoms with Gasteiger partial charge in [-0.25, -0.2) is 0 Å². The van der Waals surface area contributed by atoms with Gasteiger partial charge in [-0.1, -0.05) is 24.3 Å². The van der Waals surface area contributed by atoms with Crippen LogP contribution < -0.4 is 10.2 Å². The lowest BCUT2D eigenvalue weighted by atomic mass is 10.1. The van der Waals surface area contributed by atoms with Crippen LogP contribution in [-0.4, -0.2) is 23.5 Å². The number of hydrogen-bond donors (Lipinski definition) is 1. The van der Waals surface area contributed by atoms with Gasteiger partial charge in [0.05, 0.1) is 24.6 Å². The molecular weight excluding hydrogens is 357 g/mol. The van der Waals surface area contributed by atoms with Gasteiger partial charge in [0.2, 0.25) is 0 Å². The van der Waals surface area contributed by atoms with Gasteiger partial charge < -0.3 is 4.74 Å². The maximum Gasteiger partial charge on any atom is 0.416 e. The molecule has 3 rings (SSSR count). The fourth-order valence-electron chi connectivity index (χ4n) is 2.32. The number of benzene rings is 2. The third kappa shape index (κ3) is 4.60. The van der Waals surface area contributed by atoms with Crippen molar-refractivity contribution in [1.29, 1.82) is 0 Å². The molecular formula is C19H15F3N4O. The molecule has 0 aliphatic carbocycles. The molecule has 0 saturated heterocycles. The Labute approximate surface area is 153 Å². The number of hydrazone groups is 1. The van der Waals surface area contributed by atoms with E-state index in [-0.39, 0.29) is 0 Å². The van der Waals surface area contributed by atoms with Gasteiger partial charge in [0.1, 0.15) is 5.75 Å². The first-order valence-corrected chi connectivity index (χ1v) is 7.91. The molecule has 1 aromatic heterocycles. The monoisotopic (exact) mass is 372 g/mol. The number of alkyl halides is 3. The number of aromatic nitrogens is 2. The second-order valence-corrected chi connectivity index (χ2v) is 5.49. The van der Waals surface area contributed by atoms with Crippen LogP contribution in [0.25, 0.3) is 11.3 Å². The van der Waals surface area contributed by atoms with Crippen molar-refractivity contribution in [2.24, 2.45) is 5.10 Å². The lowest BCUT2D eigenvalue weighted by molar-refractivity contribution is -0.137. The van der Waals surface area contributed by atoms with Crippen LogP contribution in [0.2, 0.25) is 0 Å². The van der Waals surface area contributed by atoms with Crippen molar-refractivity contribution < 1.29 is 17.9 Å². The smallest absolute Gasteiger partial charge is 0.416 e. The van der Waals surface area contributed by atoms with E-state index in [0.29, 0.717) is 22.8 Å². The third-order valence-corrected chi connectivity index (χ3v) is 3.68. The Bertz CT molecular complexity index is 923. The summed E-state index contributed by atoms with van der Waals surface area (Å²) < 4.78 is 42.9. The minimum absolute atomic E-state index is 0.400. The summed E-state index contributed by atoms with van der Waals surface area (Å²) in [6, 6.07) is 15.6. The zero-order valence-corrected chi connectivity index (χ0v) is 14.2. The van der Waals surface area contributed by atoms with Gasteiger partial charge in [-0.05, 0) is 42.0 Å². The first kappa shape index (κ1) is 18.4. The van der Waals surface area contributed by atoms with E-state index in [4.69, 9.17) is 4.74 Å². The fourth-order valence-corrected chi connectivity index (χ4v) is 2.32. The molecule has 0 unspecified atom stereocenters. The van der Waals surface area contributed by atoms with Gasteiger partial charge >= 0.3 is 6.18 Å². The Morgan fingerprint density at radius 1 is 0.963 bits per heavy atom. The summed E-state index contributed by atoms with van der Waals surface area (Å²) >= 11 is 0. The minimum Gasteiger partial charge on any atom is -0.496 e. The first-order valence-electron chi connectivity index (χ1n) is 7.91. The fraction of sp³-hybridized carbons (Fsp3) is 0.105. The van der Waals surface area contributed by atoms with Crippen molar-refractivity contribution >= 4 is 12.0 Å². The number of nitrogens with zero attached hydrogens (tertiary/aromatic N) is 3. The van der Waals surface area contributed by atoms with Crippen LogP contribution in [0.4, 0.5) is 19.0 Å². The Morgan fingerprint density at radius 3 is 2.33 bits per heavy atom. The van der Waals surface area contributed by atoms with Crippen molar-refractivity contribution in [2.45, 2.75) is 6.18 Å². The highest BCUT2D eigenvalue weighted by atomic mass is 19.4. The molecule has 5 nitrogen and oxygen atoms in total. The number of anilines is 1. The molecule has 1 heterocycles. The highest BCUT2D eigenvalue weighted by Gasteiger charge is 2.29. The lowest BCUT2D eigenvalue weighted by Crippen LogP contribution is -2.04. The Morgan fingerprint density at radius 2 is 1.70 bits per heavy atom. The van der Waals surface area contributed by atoms with Crippen LogP contribution in [0.1, 0.15) is 11.1 Å². The highest BCUT2D eigenvalue weighted by molar-refractivity contribution is 5.80. The molecule has 0 aliphatic rings. The predicted octanol–water partition coefficient (Wildman–Crippen LogP) is 4.62. The molecule has 0 radical (unpaired) electrons. The van der Waals surface area contributed by atoms with Gasteiger partial charge in [-0.15, -0.1) is 10.2 Å². The van der Waals surface area contributed by atoms with E-state index in [1.807, 2.05) is 24.3 Å². The minimum atomic E-state index is -4.35. The molecule has 1 N–H and O–H groups in total. The SMILES string of the molecule is COc1ccccc1-c1ccc(N/N=C/c2ccc(C(F)(F)F)cc2)nn1. The molecule has 0 fully saturated rings. The van der Waals surface area contributed by atoms with Crippen molar-refractivity contribution in [3.8, 4) is 17.0 Å². The third-order valence-electron chi connectivity index (χ3n) is 3.68. The molecule has 0 atom stereocenters. The van der Waals surface area contributed by atoms with E-state index in [1.165, 1.54) is 18.3 Å². The number of methoxy groups -OCH3 is 1. The summed E-state index contributed by atoms with van der Waals surface area (Å²) in [5, 5.41) is 12.1. The topological polar surface area (TPSA) is 59.4 Å². The van der Waals surface area contributed by atoms with E-state index in [2.05, 4.69) is 20.7 Å². The van der Waals surface area contributed by atoms with E-state index >= 15 is 0 Å². The molecule has 138 valence electrons. The normalized spacial score (nSPS) is 11.6. The lowest BCUT2D eigenvalue weighted by Gasteiger charge is -2.07. The van der Waals surface area contributed by atoms with E-state index in [0.717, 1.165) is 17.7 Å². The average molecular weight is 372 g/mol. The predicted molar refractivity (Wildman–Crippen MR) is 96.7 cm³/mol. The van der Waals surface area contributed by atoms with Crippen LogP contribution in [-0.2, 0) is 6.18 Å². The summed E-state index contributed by atoms with van der Waals surface area (Å²) in [5.74, 6) is 1.09. The number of halogens is 3. The Balaban J connectivity index is 1.66. The zero-order valence-electron chi connectivity index (χ0n) is 14.2. The van der Waals surface area contributed by atoms with Gasteiger partial charge in [0.25, 0.3) is 0 Å². The van der Waals surface area contributed by atoms with Crippen LogP contribution >= 0.6 is 0 Å².